The Hall–Kier alpha value is -2.11. The van der Waals surface area contributed by atoms with Gasteiger partial charge in [0, 0.05) is 4.88 Å². The third-order valence-electron chi connectivity index (χ3n) is 4.34. The van der Waals surface area contributed by atoms with Crippen molar-refractivity contribution in [2.45, 2.75) is 25.0 Å². The lowest BCUT2D eigenvalue weighted by Crippen LogP contribution is -2.46. The summed E-state index contributed by atoms with van der Waals surface area (Å²) in [7, 11) is 0. The molecule has 1 aliphatic carbocycles. The van der Waals surface area contributed by atoms with Crippen molar-refractivity contribution >= 4 is 22.9 Å². The van der Waals surface area contributed by atoms with Gasteiger partial charge in [0.2, 0.25) is 0 Å². The molecule has 1 aliphatic heterocycles. The molecule has 1 aromatic heterocycles. The van der Waals surface area contributed by atoms with Crippen LogP contribution in [0.2, 0.25) is 0 Å². The Balaban J connectivity index is 1.83. The second-order valence-electron chi connectivity index (χ2n) is 5.60. The van der Waals surface area contributed by atoms with Crippen LogP contribution in [0.4, 0.5) is 5.69 Å². The number of hydrogen-bond acceptors (Lipinski definition) is 4. The number of thiophene rings is 1. The predicted molar refractivity (Wildman–Crippen MR) is 86.2 cm³/mol. The number of anilines is 1. The van der Waals surface area contributed by atoms with E-state index in [4.69, 9.17) is 0 Å². The van der Waals surface area contributed by atoms with Crippen molar-refractivity contribution < 1.29 is 10.0 Å². The van der Waals surface area contributed by atoms with Crippen molar-refractivity contribution in [2.24, 2.45) is 0 Å². The summed E-state index contributed by atoms with van der Waals surface area (Å²) in [5.41, 5.74) is 1.45. The van der Waals surface area contributed by atoms with E-state index in [1.807, 2.05) is 30.3 Å². The first-order valence-electron chi connectivity index (χ1n) is 7.33. The summed E-state index contributed by atoms with van der Waals surface area (Å²) in [6.45, 7) is 0.737. The first-order valence-corrected chi connectivity index (χ1v) is 8.21. The molecule has 1 amide bonds. The molecule has 2 aromatic rings. The Morgan fingerprint density at radius 3 is 2.91 bits per heavy atom. The zero-order valence-corrected chi connectivity index (χ0v) is 12.7. The predicted octanol–water partition coefficient (Wildman–Crippen LogP) is 3.30. The van der Waals surface area contributed by atoms with E-state index >= 15 is 0 Å². The number of benzene rings is 1. The van der Waals surface area contributed by atoms with Crippen LogP contribution in [0.1, 0.15) is 21.7 Å². The lowest BCUT2D eigenvalue weighted by atomic mass is 10.1. The molecule has 0 fully saturated rings. The summed E-state index contributed by atoms with van der Waals surface area (Å²) < 4.78 is 0. The summed E-state index contributed by atoms with van der Waals surface area (Å²) in [6, 6.07) is 11.4. The van der Waals surface area contributed by atoms with Gasteiger partial charge in [-0.1, -0.05) is 30.4 Å². The van der Waals surface area contributed by atoms with Crippen LogP contribution in [0.25, 0.3) is 0 Å². The molecular formula is C17H16N2O2S. The minimum atomic E-state index is -0.317. The second kappa shape index (κ2) is 5.26. The molecule has 22 heavy (non-hydrogen) atoms. The fourth-order valence-electron chi connectivity index (χ4n) is 3.28. The Morgan fingerprint density at radius 2 is 2.09 bits per heavy atom. The normalized spacial score (nSPS) is 23.4. The van der Waals surface area contributed by atoms with Crippen LogP contribution in [-0.4, -0.2) is 28.3 Å². The van der Waals surface area contributed by atoms with Crippen molar-refractivity contribution in [3.8, 4) is 0 Å². The number of carbonyl (C=O) groups is 1. The van der Waals surface area contributed by atoms with Crippen molar-refractivity contribution in [1.82, 2.24) is 5.06 Å². The Kier molecular flexibility index (Phi) is 3.24. The number of rotatable bonds is 2. The van der Waals surface area contributed by atoms with E-state index in [-0.39, 0.29) is 18.0 Å². The highest BCUT2D eigenvalue weighted by molar-refractivity contribution is 7.09. The molecule has 2 heterocycles. The maximum Gasteiger partial charge on any atom is 0.279 e. The molecule has 112 valence electrons. The fraction of sp³-hybridized carbons (Fsp3) is 0.235. The Labute approximate surface area is 132 Å². The third-order valence-corrected chi connectivity index (χ3v) is 5.20. The van der Waals surface area contributed by atoms with Crippen LogP contribution in [0.15, 0.2) is 53.9 Å². The van der Waals surface area contributed by atoms with Crippen LogP contribution < -0.4 is 4.90 Å². The molecule has 1 N–H and O–H groups in total. The third kappa shape index (κ3) is 2.05. The summed E-state index contributed by atoms with van der Waals surface area (Å²) >= 11 is 1.71. The highest BCUT2D eigenvalue weighted by atomic mass is 32.1. The SMILES string of the molecule is O=C1c2ccccc2N(Cc2cccs2)[C@@H]2C=CC[C@@H]2N1O. The summed E-state index contributed by atoms with van der Waals surface area (Å²) in [5, 5.41) is 13.3. The van der Waals surface area contributed by atoms with E-state index in [0.717, 1.165) is 17.3 Å². The first kappa shape index (κ1) is 13.5. The molecule has 0 unspecified atom stereocenters. The van der Waals surface area contributed by atoms with Crippen molar-refractivity contribution in [3.63, 3.8) is 0 Å². The van der Waals surface area contributed by atoms with Gasteiger partial charge in [0.1, 0.15) is 0 Å². The standard InChI is InChI=1S/C17H16N2O2S/c20-17-13-6-1-2-7-14(13)18(11-12-5-4-10-22-12)15-8-3-9-16(15)19(17)21/h1-8,10,15-16,21H,9,11H2/t15-,16+/m1/s1. The minimum absolute atomic E-state index is 0.000278. The molecule has 0 spiro atoms. The first-order chi connectivity index (χ1) is 10.8. The summed E-state index contributed by atoms with van der Waals surface area (Å²) in [5.74, 6) is -0.317. The smallest absolute Gasteiger partial charge is 0.279 e. The summed E-state index contributed by atoms with van der Waals surface area (Å²) in [6.07, 6.45) is 4.82. The average molecular weight is 312 g/mol. The molecule has 0 bridgehead atoms. The van der Waals surface area contributed by atoms with Gasteiger partial charge in [0.25, 0.3) is 5.91 Å². The topological polar surface area (TPSA) is 43.8 Å². The van der Waals surface area contributed by atoms with Gasteiger partial charge in [-0.3, -0.25) is 10.0 Å². The largest absolute Gasteiger partial charge is 0.357 e. The monoisotopic (exact) mass is 312 g/mol. The molecule has 2 atom stereocenters. The number of nitrogens with zero attached hydrogens (tertiary/aromatic N) is 2. The Morgan fingerprint density at radius 1 is 1.23 bits per heavy atom. The zero-order valence-electron chi connectivity index (χ0n) is 11.9. The van der Waals surface area contributed by atoms with E-state index in [2.05, 4.69) is 22.4 Å². The molecule has 1 aromatic carbocycles. The van der Waals surface area contributed by atoms with Gasteiger partial charge in [0.05, 0.1) is 29.9 Å². The zero-order chi connectivity index (χ0) is 15.1. The number of hydrogen-bond donors (Lipinski definition) is 1. The molecule has 4 nitrogen and oxygen atoms in total. The van der Waals surface area contributed by atoms with E-state index in [1.54, 1.807) is 17.4 Å². The van der Waals surface area contributed by atoms with Crippen LogP contribution in [-0.2, 0) is 6.54 Å². The van der Waals surface area contributed by atoms with E-state index < -0.39 is 0 Å². The molecular weight excluding hydrogens is 296 g/mol. The van der Waals surface area contributed by atoms with Gasteiger partial charge < -0.3 is 4.90 Å². The van der Waals surface area contributed by atoms with Crippen molar-refractivity contribution in [1.29, 1.82) is 0 Å². The molecule has 0 saturated carbocycles. The lowest BCUT2D eigenvalue weighted by Gasteiger charge is -2.33. The maximum atomic E-state index is 12.6. The van der Waals surface area contributed by atoms with E-state index in [9.17, 15) is 10.0 Å². The molecule has 0 saturated heterocycles. The molecule has 0 radical (unpaired) electrons. The molecule has 2 aliphatic rings. The fourth-order valence-corrected chi connectivity index (χ4v) is 3.98. The average Bonchev–Trinajstić information content (AvgIpc) is 3.21. The number of amides is 1. The minimum Gasteiger partial charge on any atom is -0.357 e. The quantitative estimate of drug-likeness (QED) is 0.683. The maximum absolute atomic E-state index is 12.6. The van der Waals surface area contributed by atoms with Crippen molar-refractivity contribution in [2.75, 3.05) is 4.90 Å². The summed E-state index contributed by atoms with van der Waals surface area (Å²) in [4.78, 5) is 16.0. The van der Waals surface area contributed by atoms with Crippen LogP contribution in [0.3, 0.4) is 0 Å². The lowest BCUT2D eigenvalue weighted by molar-refractivity contribution is -0.0875. The van der Waals surface area contributed by atoms with Gasteiger partial charge in [-0.05, 0) is 30.0 Å². The van der Waals surface area contributed by atoms with E-state index in [1.165, 1.54) is 4.88 Å². The van der Waals surface area contributed by atoms with E-state index in [0.29, 0.717) is 12.0 Å². The Bertz CT molecular complexity index is 726. The van der Waals surface area contributed by atoms with Gasteiger partial charge in [-0.15, -0.1) is 11.3 Å². The number of para-hydroxylation sites is 1. The highest BCUT2D eigenvalue weighted by Crippen LogP contribution is 2.35. The van der Waals surface area contributed by atoms with Gasteiger partial charge in [-0.2, -0.15) is 0 Å². The number of hydroxylamine groups is 2. The van der Waals surface area contributed by atoms with Gasteiger partial charge in [-0.25, -0.2) is 5.06 Å². The number of carbonyl (C=O) groups excluding carboxylic acids is 1. The van der Waals surface area contributed by atoms with Crippen LogP contribution in [0, 0.1) is 0 Å². The van der Waals surface area contributed by atoms with Gasteiger partial charge in [0.15, 0.2) is 0 Å². The van der Waals surface area contributed by atoms with Crippen LogP contribution >= 0.6 is 11.3 Å². The molecule has 5 heteroatoms. The molecule has 4 rings (SSSR count). The highest BCUT2D eigenvalue weighted by Gasteiger charge is 2.40. The van der Waals surface area contributed by atoms with Gasteiger partial charge >= 0.3 is 0 Å². The second-order valence-corrected chi connectivity index (χ2v) is 6.63. The number of fused-ring (bicyclic) bond motifs is 2. The van der Waals surface area contributed by atoms with Crippen LogP contribution in [0.5, 0.6) is 0 Å². The van der Waals surface area contributed by atoms with Crippen molar-refractivity contribution in [3.05, 3.63) is 64.4 Å².